The number of fused-ring (bicyclic) bond motifs is 7. The Kier molecular flexibility index (Phi) is 5.09. The molecule has 0 saturated heterocycles. The van der Waals surface area contributed by atoms with Crippen molar-refractivity contribution in [2.24, 2.45) is 0 Å². The lowest BCUT2D eigenvalue weighted by Crippen LogP contribution is -2.06. The molecule has 0 fully saturated rings. The van der Waals surface area contributed by atoms with E-state index in [9.17, 15) is 0 Å². The molecule has 5 heteroatoms. The summed E-state index contributed by atoms with van der Waals surface area (Å²) in [6, 6.07) is 38.2. The topological polar surface area (TPSA) is 43.6 Å². The van der Waals surface area contributed by atoms with Gasteiger partial charge in [-0.2, -0.15) is 9.97 Å². The first-order valence-electron chi connectivity index (χ1n) is 13.4. The molecule has 0 unspecified atom stereocenters. The van der Waals surface area contributed by atoms with Crippen LogP contribution < -0.4 is 0 Å². The average molecular weight is 533 g/mol. The maximum Gasteiger partial charge on any atom is 0.238 e. The van der Waals surface area contributed by atoms with Crippen molar-refractivity contribution in [2.75, 3.05) is 0 Å². The van der Waals surface area contributed by atoms with Gasteiger partial charge in [0.05, 0.1) is 11.0 Å². The smallest absolute Gasteiger partial charge is 0.238 e. The summed E-state index contributed by atoms with van der Waals surface area (Å²) in [5.74, 6) is 1.94. The van der Waals surface area contributed by atoms with Crippen molar-refractivity contribution in [3.8, 4) is 28.7 Å². The summed E-state index contributed by atoms with van der Waals surface area (Å²) >= 11 is 1.84. The van der Waals surface area contributed by atoms with Gasteiger partial charge < -0.3 is 0 Å². The van der Waals surface area contributed by atoms with Gasteiger partial charge in [-0.3, -0.25) is 4.57 Å². The molecule has 8 aromatic rings. The zero-order valence-corrected chi connectivity index (χ0v) is 22.9. The Morgan fingerprint density at radius 3 is 1.82 bits per heavy atom. The van der Waals surface area contributed by atoms with Crippen LogP contribution in [0.4, 0.5) is 0 Å². The van der Waals surface area contributed by atoms with Crippen molar-refractivity contribution in [1.29, 1.82) is 0 Å². The van der Waals surface area contributed by atoms with Crippen LogP contribution >= 0.6 is 11.3 Å². The lowest BCUT2D eigenvalue weighted by Gasteiger charge is -2.11. The van der Waals surface area contributed by atoms with Crippen LogP contribution in [0.2, 0.25) is 0 Å². The lowest BCUT2D eigenvalue weighted by molar-refractivity contribution is 0.955. The van der Waals surface area contributed by atoms with Gasteiger partial charge in [0.2, 0.25) is 5.95 Å². The van der Waals surface area contributed by atoms with Crippen molar-refractivity contribution >= 4 is 53.3 Å². The number of hydrogen-bond acceptors (Lipinski definition) is 4. The Labute approximate surface area is 235 Å². The van der Waals surface area contributed by atoms with E-state index in [1.165, 1.54) is 42.1 Å². The largest absolute Gasteiger partial charge is 0.277 e. The first-order valence-corrected chi connectivity index (χ1v) is 14.2. The summed E-state index contributed by atoms with van der Waals surface area (Å²) in [5.41, 5.74) is 6.62. The fraction of sp³-hybridized carbons (Fsp3) is 0.0571. The maximum atomic E-state index is 5.13. The minimum Gasteiger partial charge on any atom is -0.277 e. The van der Waals surface area contributed by atoms with E-state index in [0.29, 0.717) is 17.6 Å². The molecule has 0 aliphatic rings. The second-order valence-corrected chi connectivity index (χ2v) is 11.4. The van der Waals surface area contributed by atoms with Crippen LogP contribution in [0, 0.1) is 13.8 Å². The minimum atomic E-state index is 0.621. The van der Waals surface area contributed by atoms with Gasteiger partial charge in [0.15, 0.2) is 11.6 Å². The Morgan fingerprint density at radius 1 is 0.550 bits per heavy atom. The molecule has 190 valence electrons. The average Bonchev–Trinajstić information content (AvgIpc) is 3.52. The Bertz CT molecular complexity index is 2170. The van der Waals surface area contributed by atoms with Gasteiger partial charge in [-0.1, -0.05) is 90.0 Å². The standard InChI is InChI=1S/C35H24N4S/c1-21-13-16-28-26(19-21)25-15-18-30-31(27-20-22(2)14-17-29(27)40-30)32(25)39(28)35-37-33(23-9-5-3-6-10-23)36-34(38-35)24-11-7-4-8-12-24/h3-20H,1-2H3. The summed E-state index contributed by atoms with van der Waals surface area (Å²) in [5, 5.41) is 4.92. The van der Waals surface area contributed by atoms with E-state index in [0.717, 1.165) is 22.2 Å². The molecule has 0 N–H and O–H groups in total. The van der Waals surface area contributed by atoms with Crippen LogP contribution in [-0.4, -0.2) is 19.5 Å². The summed E-state index contributed by atoms with van der Waals surface area (Å²) in [7, 11) is 0. The normalized spacial score (nSPS) is 11.8. The van der Waals surface area contributed by atoms with E-state index in [1.54, 1.807) is 0 Å². The second-order valence-electron chi connectivity index (χ2n) is 10.3. The molecule has 8 rings (SSSR count). The number of hydrogen-bond donors (Lipinski definition) is 0. The van der Waals surface area contributed by atoms with Crippen LogP contribution in [-0.2, 0) is 0 Å². The maximum absolute atomic E-state index is 5.13. The molecule has 0 amide bonds. The van der Waals surface area contributed by atoms with Crippen molar-refractivity contribution in [3.63, 3.8) is 0 Å². The highest BCUT2D eigenvalue weighted by Gasteiger charge is 2.21. The van der Waals surface area contributed by atoms with E-state index in [-0.39, 0.29) is 0 Å². The summed E-state index contributed by atoms with van der Waals surface area (Å²) in [6.45, 7) is 4.31. The molecule has 40 heavy (non-hydrogen) atoms. The van der Waals surface area contributed by atoms with Gasteiger partial charge in [-0.15, -0.1) is 11.3 Å². The first-order chi connectivity index (χ1) is 19.6. The van der Waals surface area contributed by atoms with Crippen molar-refractivity contribution in [1.82, 2.24) is 19.5 Å². The molecule has 0 aliphatic heterocycles. The van der Waals surface area contributed by atoms with Gasteiger partial charge in [-0.05, 0) is 44.2 Å². The number of rotatable bonds is 3. The van der Waals surface area contributed by atoms with Crippen LogP contribution in [0.5, 0.6) is 0 Å². The molecule has 5 aromatic carbocycles. The van der Waals surface area contributed by atoms with Crippen LogP contribution in [0.1, 0.15) is 11.1 Å². The van der Waals surface area contributed by atoms with Crippen LogP contribution in [0.25, 0.3) is 70.7 Å². The van der Waals surface area contributed by atoms with Crippen LogP contribution in [0.15, 0.2) is 109 Å². The molecule has 3 aromatic heterocycles. The predicted molar refractivity (Wildman–Crippen MR) is 167 cm³/mol. The first kappa shape index (κ1) is 23.1. The lowest BCUT2D eigenvalue weighted by atomic mass is 10.1. The van der Waals surface area contributed by atoms with Crippen LogP contribution in [0.3, 0.4) is 0 Å². The second kappa shape index (κ2) is 8.83. The highest BCUT2D eigenvalue weighted by molar-refractivity contribution is 7.26. The molecule has 0 spiro atoms. The fourth-order valence-corrected chi connectivity index (χ4v) is 6.79. The highest BCUT2D eigenvalue weighted by Crippen LogP contribution is 2.43. The third kappa shape index (κ3) is 3.55. The quantitative estimate of drug-likeness (QED) is 0.228. The summed E-state index contributed by atoms with van der Waals surface area (Å²) in [6.07, 6.45) is 0. The molecule has 0 aliphatic carbocycles. The SMILES string of the molecule is Cc1ccc2sc3ccc4c5cc(C)ccc5n(-c5nc(-c6ccccc6)nc(-c6ccccc6)n5)c4c3c2c1. The zero-order chi connectivity index (χ0) is 26.8. The number of benzene rings is 5. The van der Waals surface area contributed by atoms with E-state index >= 15 is 0 Å². The molecular weight excluding hydrogens is 508 g/mol. The summed E-state index contributed by atoms with van der Waals surface area (Å²) in [4.78, 5) is 15.2. The molecule has 0 radical (unpaired) electrons. The molecule has 0 atom stereocenters. The number of aromatic nitrogens is 4. The molecule has 3 heterocycles. The fourth-order valence-electron chi connectivity index (χ4n) is 5.70. The predicted octanol–water partition coefficient (Wildman–Crippen LogP) is 9.29. The van der Waals surface area contributed by atoms with Gasteiger partial charge in [0.1, 0.15) is 0 Å². The molecule has 0 saturated carbocycles. The number of nitrogens with zero attached hydrogens (tertiary/aromatic N) is 4. The summed E-state index contributed by atoms with van der Waals surface area (Å²) < 4.78 is 4.79. The number of thiophene rings is 1. The van der Waals surface area contributed by atoms with E-state index < -0.39 is 0 Å². The monoisotopic (exact) mass is 532 g/mol. The van der Waals surface area contributed by atoms with E-state index in [2.05, 4.69) is 91.2 Å². The van der Waals surface area contributed by atoms with Crippen molar-refractivity contribution < 1.29 is 0 Å². The van der Waals surface area contributed by atoms with Gasteiger partial charge in [-0.25, -0.2) is 4.98 Å². The Balaban J connectivity index is 1.55. The van der Waals surface area contributed by atoms with E-state index in [4.69, 9.17) is 15.0 Å². The van der Waals surface area contributed by atoms with Gasteiger partial charge >= 0.3 is 0 Å². The third-order valence-corrected chi connectivity index (χ3v) is 8.69. The highest BCUT2D eigenvalue weighted by atomic mass is 32.1. The molecule has 0 bridgehead atoms. The molecule has 4 nitrogen and oxygen atoms in total. The van der Waals surface area contributed by atoms with Crippen molar-refractivity contribution in [3.05, 3.63) is 120 Å². The Hall–Kier alpha value is -4.87. The minimum absolute atomic E-state index is 0.621. The Morgan fingerprint density at radius 2 is 1.15 bits per heavy atom. The van der Waals surface area contributed by atoms with Gasteiger partial charge in [0, 0.05) is 42.1 Å². The molecular formula is C35H24N4S. The van der Waals surface area contributed by atoms with Crippen molar-refractivity contribution in [2.45, 2.75) is 13.8 Å². The van der Waals surface area contributed by atoms with E-state index in [1.807, 2.05) is 47.7 Å². The van der Waals surface area contributed by atoms with Gasteiger partial charge in [0.25, 0.3) is 0 Å². The zero-order valence-electron chi connectivity index (χ0n) is 22.1. The third-order valence-electron chi connectivity index (χ3n) is 7.56. The number of aryl methyl sites for hydroxylation is 2.